The van der Waals surface area contributed by atoms with Gasteiger partial charge in [-0.15, -0.1) is 0 Å². The predicted octanol–water partition coefficient (Wildman–Crippen LogP) is 4.94. The van der Waals surface area contributed by atoms with Gasteiger partial charge >= 0.3 is 0 Å². The lowest BCUT2D eigenvalue weighted by Gasteiger charge is -2.22. The molecule has 134 valence electrons. The van der Waals surface area contributed by atoms with Crippen LogP contribution in [0.4, 0.5) is 17.1 Å². The number of nitrogens with one attached hydrogen (secondary N) is 2. The zero-order valence-corrected chi connectivity index (χ0v) is 15.9. The van der Waals surface area contributed by atoms with Crippen LogP contribution in [-0.2, 0) is 4.79 Å². The Morgan fingerprint density at radius 1 is 1.08 bits per heavy atom. The Morgan fingerprint density at radius 3 is 2.36 bits per heavy atom. The number of amides is 1. The van der Waals surface area contributed by atoms with E-state index in [2.05, 4.69) is 54.5 Å². The quantitative estimate of drug-likeness (QED) is 0.702. The van der Waals surface area contributed by atoms with Crippen LogP contribution in [0.1, 0.15) is 25.8 Å². The largest absolute Gasteiger partial charge is 0.384 e. The van der Waals surface area contributed by atoms with Crippen molar-refractivity contribution in [2.75, 3.05) is 35.2 Å². The third kappa shape index (κ3) is 5.68. The molecule has 0 radical (unpaired) electrons. The van der Waals surface area contributed by atoms with E-state index in [-0.39, 0.29) is 5.91 Å². The summed E-state index contributed by atoms with van der Waals surface area (Å²) in [5.74, 6) is -0.0211. The minimum atomic E-state index is -0.0211. The first kappa shape index (κ1) is 19.1. The average Bonchev–Trinajstić information content (AvgIpc) is 2.60. The maximum Gasteiger partial charge on any atom is 0.226 e. The smallest absolute Gasteiger partial charge is 0.226 e. The maximum atomic E-state index is 12.0. The zero-order valence-electron chi connectivity index (χ0n) is 15.1. The molecule has 2 aromatic rings. The molecule has 25 heavy (non-hydrogen) atoms. The van der Waals surface area contributed by atoms with Crippen LogP contribution >= 0.6 is 11.6 Å². The van der Waals surface area contributed by atoms with Crippen LogP contribution in [-0.4, -0.2) is 25.5 Å². The van der Waals surface area contributed by atoms with Crippen LogP contribution in [0.15, 0.2) is 42.5 Å². The highest BCUT2D eigenvalue weighted by Gasteiger charge is 2.06. The zero-order chi connectivity index (χ0) is 18.2. The summed E-state index contributed by atoms with van der Waals surface area (Å²) in [5, 5.41) is 6.86. The average molecular weight is 360 g/mol. The third-order valence-corrected chi connectivity index (χ3v) is 4.39. The van der Waals surface area contributed by atoms with Crippen molar-refractivity contribution in [1.82, 2.24) is 0 Å². The van der Waals surface area contributed by atoms with E-state index in [0.29, 0.717) is 18.0 Å². The number of anilines is 3. The van der Waals surface area contributed by atoms with Crippen molar-refractivity contribution in [3.05, 3.63) is 53.1 Å². The summed E-state index contributed by atoms with van der Waals surface area (Å²) >= 11 is 5.84. The van der Waals surface area contributed by atoms with Gasteiger partial charge in [0.25, 0.3) is 0 Å². The van der Waals surface area contributed by atoms with Gasteiger partial charge in [-0.2, -0.15) is 0 Å². The minimum Gasteiger partial charge on any atom is -0.384 e. The SMILES string of the molecule is CCN(CC)c1ccc(NCCC(=O)Nc2ccc(Cl)cc2)c(C)c1. The molecule has 2 aromatic carbocycles. The molecule has 0 saturated carbocycles. The summed E-state index contributed by atoms with van der Waals surface area (Å²) in [6.45, 7) is 8.98. The monoisotopic (exact) mass is 359 g/mol. The molecule has 0 aromatic heterocycles. The van der Waals surface area contributed by atoms with Gasteiger partial charge in [-0.1, -0.05) is 11.6 Å². The van der Waals surface area contributed by atoms with E-state index in [1.165, 1.54) is 11.3 Å². The van der Waals surface area contributed by atoms with Crippen molar-refractivity contribution in [2.24, 2.45) is 0 Å². The van der Waals surface area contributed by atoms with Crippen LogP contribution in [0.25, 0.3) is 0 Å². The number of aryl methyl sites for hydroxylation is 1. The molecule has 2 rings (SSSR count). The van der Waals surface area contributed by atoms with E-state index in [4.69, 9.17) is 11.6 Å². The predicted molar refractivity (Wildman–Crippen MR) is 108 cm³/mol. The molecule has 4 nitrogen and oxygen atoms in total. The Labute approximate surface area is 155 Å². The van der Waals surface area contributed by atoms with E-state index in [1.54, 1.807) is 24.3 Å². The summed E-state index contributed by atoms with van der Waals surface area (Å²) in [5.41, 5.74) is 4.24. The standard InChI is InChI=1S/C20H26ClN3O/c1-4-24(5-2)18-10-11-19(15(3)14-18)22-13-12-20(25)23-17-8-6-16(21)7-9-17/h6-11,14,22H,4-5,12-13H2,1-3H3,(H,23,25). The van der Waals surface area contributed by atoms with Crippen molar-refractivity contribution < 1.29 is 4.79 Å². The van der Waals surface area contributed by atoms with E-state index in [1.807, 2.05) is 0 Å². The Hall–Kier alpha value is -2.20. The Balaban J connectivity index is 1.84. The van der Waals surface area contributed by atoms with Crippen molar-refractivity contribution in [1.29, 1.82) is 0 Å². The van der Waals surface area contributed by atoms with Crippen molar-refractivity contribution in [3.8, 4) is 0 Å². The highest BCUT2D eigenvalue weighted by molar-refractivity contribution is 6.30. The van der Waals surface area contributed by atoms with Gasteiger partial charge in [0.15, 0.2) is 0 Å². The van der Waals surface area contributed by atoms with Crippen LogP contribution in [0.5, 0.6) is 0 Å². The summed E-state index contributed by atoms with van der Waals surface area (Å²) in [6.07, 6.45) is 0.403. The maximum absolute atomic E-state index is 12.0. The molecule has 0 bridgehead atoms. The number of hydrogen-bond donors (Lipinski definition) is 2. The van der Waals surface area contributed by atoms with Gasteiger partial charge in [0.1, 0.15) is 0 Å². The minimum absolute atomic E-state index is 0.0211. The van der Waals surface area contributed by atoms with Gasteiger partial charge in [-0.25, -0.2) is 0 Å². The highest BCUT2D eigenvalue weighted by Crippen LogP contribution is 2.22. The number of benzene rings is 2. The molecule has 2 N–H and O–H groups in total. The van der Waals surface area contributed by atoms with Crippen molar-refractivity contribution in [2.45, 2.75) is 27.2 Å². The highest BCUT2D eigenvalue weighted by atomic mass is 35.5. The molecule has 0 atom stereocenters. The first-order valence-corrected chi connectivity index (χ1v) is 9.06. The molecular formula is C20H26ClN3O. The normalized spacial score (nSPS) is 10.4. The van der Waals surface area contributed by atoms with Crippen molar-refractivity contribution in [3.63, 3.8) is 0 Å². The lowest BCUT2D eigenvalue weighted by Crippen LogP contribution is -2.22. The van der Waals surface area contributed by atoms with E-state index < -0.39 is 0 Å². The van der Waals surface area contributed by atoms with Crippen LogP contribution < -0.4 is 15.5 Å². The number of rotatable bonds is 8. The molecule has 0 fully saturated rings. The van der Waals surface area contributed by atoms with E-state index in [0.717, 1.165) is 24.5 Å². The van der Waals surface area contributed by atoms with E-state index >= 15 is 0 Å². The summed E-state index contributed by atoms with van der Waals surface area (Å²) in [6, 6.07) is 13.5. The topological polar surface area (TPSA) is 44.4 Å². The van der Waals surface area contributed by atoms with Gasteiger partial charge < -0.3 is 15.5 Å². The fourth-order valence-corrected chi connectivity index (χ4v) is 2.83. The second-order valence-corrected chi connectivity index (χ2v) is 6.34. The number of carbonyl (C=O) groups excluding carboxylic acids is 1. The van der Waals surface area contributed by atoms with E-state index in [9.17, 15) is 4.79 Å². The number of carbonyl (C=O) groups is 1. The first-order chi connectivity index (χ1) is 12.0. The molecule has 0 aliphatic heterocycles. The fourth-order valence-electron chi connectivity index (χ4n) is 2.70. The van der Waals surface area contributed by atoms with Gasteiger partial charge in [0.05, 0.1) is 0 Å². The van der Waals surface area contributed by atoms with Crippen LogP contribution in [0.2, 0.25) is 5.02 Å². The van der Waals surface area contributed by atoms with Gasteiger partial charge in [-0.3, -0.25) is 4.79 Å². The van der Waals surface area contributed by atoms with Crippen LogP contribution in [0, 0.1) is 6.92 Å². The lowest BCUT2D eigenvalue weighted by atomic mass is 10.1. The third-order valence-electron chi connectivity index (χ3n) is 4.13. The van der Waals surface area contributed by atoms with Crippen molar-refractivity contribution >= 4 is 34.6 Å². The Kier molecular flexibility index (Phi) is 7.14. The molecular weight excluding hydrogens is 334 g/mol. The number of halogens is 1. The Morgan fingerprint density at radius 2 is 1.76 bits per heavy atom. The second kappa shape index (κ2) is 9.33. The van der Waals surface area contributed by atoms with Gasteiger partial charge in [0.2, 0.25) is 5.91 Å². The lowest BCUT2D eigenvalue weighted by molar-refractivity contribution is -0.115. The summed E-state index contributed by atoms with van der Waals surface area (Å²) < 4.78 is 0. The molecule has 5 heteroatoms. The summed E-state index contributed by atoms with van der Waals surface area (Å²) in [7, 11) is 0. The molecule has 0 aliphatic carbocycles. The van der Waals surface area contributed by atoms with Gasteiger partial charge in [0, 0.05) is 48.1 Å². The van der Waals surface area contributed by atoms with Gasteiger partial charge in [-0.05, 0) is 68.8 Å². The van der Waals surface area contributed by atoms with Crippen LogP contribution in [0.3, 0.4) is 0 Å². The molecule has 0 saturated heterocycles. The number of nitrogens with zero attached hydrogens (tertiary/aromatic N) is 1. The Bertz CT molecular complexity index is 697. The first-order valence-electron chi connectivity index (χ1n) is 8.68. The molecule has 0 spiro atoms. The molecule has 0 unspecified atom stereocenters. The second-order valence-electron chi connectivity index (χ2n) is 5.90. The molecule has 0 heterocycles. The fraction of sp³-hybridized carbons (Fsp3) is 0.350. The number of hydrogen-bond acceptors (Lipinski definition) is 3. The molecule has 1 amide bonds. The summed E-state index contributed by atoms with van der Waals surface area (Å²) in [4.78, 5) is 14.3. The molecule has 0 aliphatic rings.